The van der Waals surface area contributed by atoms with Gasteiger partial charge in [0, 0.05) is 55.0 Å². The topological polar surface area (TPSA) is 136 Å². The molecule has 0 radical (unpaired) electrons. The number of aliphatic hydroxyl groups is 1. The number of amidine groups is 1. The van der Waals surface area contributed by atoms with Crippen molar-refractivity contribution in [2.24, 2.45) is 5.73 Å². The first-order valence-corrected chi connectivity index (χ1v) is 16.6. The third kappa shape index (κ3) is 8.04. The number of aliphatic hydroxyl groups excluding tert-OH is 1. The number of aryl methyl sites for hydroxylation is 1. The molecule has 11 heteroatoms. The summed E-state index contributed by atoms with van der Waals surface area (Å²) >= 11 is 6.28. The number of nitrogens with two attached hydrogens (primary N) is 1. The summed E-state index contributed by atoms with van der Waals surface area (Å²) in [5.41, 5.74) is 9.46. The van der Waals surface area contributed by atoms with Gasteiger partial charge in [-0.1, -0.05) is 23.7 Å². The number of H-pyrrole nitrogens is 1. The van der Waals surface area contributed by atoms with Gasteiger partial charge in [-0.25, -0.2) is 9.18 Å². The van der Waals surface area contributed by atoms with E-state index in [1.54, 1.807) is 31.3 Å². The molecule has 0 unspecified atom stereocenters. The maximum atomic E-state index is 15.2. The van der Waals surface area contributed by atoms with E-state index in [0.29, 0.717) is 46.3 Å². The van der Waals surface area contributed by atoms with Crippen LogP contribution >= 0.6 is 11.6 Å². The molecule has 1 aliphatic rings. The van der Waals surface area contributed by atoms with Crippen molar-refractivity contribution in [1.82, 2.24) is 24.8 Å². The molecule has 0 saturated carbocycles. The highest BCUT2D eigenvalue weighted by atomic mass is 35.5. The Labute approximate surface area is 274 Å². The van der Waals surface area contributed by atoms with Gasteiger partial charge in [-0.05, 0) is 107 Å². The minimum Gasteiger partial charge on any atom is -0.396 e. The van der Waals surface area contributed by atoms with Crippen LogP contribution in [0.4, 0.5) is 4.39 Å². The van der Waals surface area contributed by atoms with Crippen molar-refractivity contribution in [1.29, 1.82) is 5.41 Å². The van der Waals surface area contributed by atoms with Gasteiger partial charge in [0.05, 0.1) is 22.2 Å². The highest BCUT2D eigenvalue weighted by Gasteiger charge is 2.31. The molecule has 2 aromatic heterocycles. The maximum absolute atomic E-state index is 15.2. The van der Waals surface area contributed by atoms with E-state index < -0.39 is 11.5 Å². The summed E-state index contributed by atoms with van der Waals surface area (Å²) in [6.45, 7) is 5.41. The van der Waals surface area contributed by atoms with Gasteiger partial charge in [0.1, 0.15) is 5.65 Å². The molecular formula is C35H45ClFN7O2. The average Bonchev–Trinajstić information content (AvgIpc) is 3.43. The Morgan fingerprint density at radius 2 is 2.02 bits per heavy atom. The smallest absolute Gasteiger partial charge is 0.354 e. The second-order valence-electron chi connectivity index (χ2n) is 12.5. The average molecular weight is 650 g/mol. The second kappa shape index (κ2) is 15.3. The molecular weight excluding hydrogens is 605 g/mol. The van der Waals surface area contributed by atoms with Crippen molar-refractivity contribution in [3.63, 3.8) is 0 Å². The molecule has 1 aliphatic heterocycles. The van der Waals surface area contributed by atoms with Gasteiger partial charge >= 0.3 is 5.69 Å². The third-order valence-electron chi connectivity index (χ3n) is 8.89. The molecule has 0 spiro atoms. The van der Waals surface area contributed by atoms with Gasteiger partial charge < -0.3 is 21.1 Å². The summed E-state index contributed by atoms with van der Waals surface area (Å²) < 4.78 is 16.7. The van der Waals surface area contributed by atoms with Crippen LogP contribution < -0.4 is 16.7 Å². The molecule has 1 saturated heterocycles. The highest BCUT2D eigenvalue weighted by Crippen LogP contribution is 2.36. The van der Waals surface area contributed by atoms with Crippen LogP contribution in [0, 0.1) is 11.2 Å². The molecule has 3 heterocycles. The minimum atomic E-state index is -0.519. The van der Waals surface area contributed by atoms with Crippen LogP contribution in [-0.4, -0.2) is 62.2 Å². The Bertz CT molecular complexity index is 1700. The zero-order valence-corrected chi connectivity index (χ0v) is 27.4. The van der Waals surface area contributed by atoms with Crippen LogP contribution in [0.25, 0.3) is 28.0 Å². The summed E-state index contributed by atoms with van der Waals surface area (Å²) in [5, 5.41) is 21.1. The van der Waals surface area contributed by atoms with E-state index in [1.807, 2.05) is 19.1 Å². The largest absolute Gasteiger partial charge is 0.396 e. The normalized spacial score (nSPS) is 17.8. The van der Waals surface area contributed by atoms with Crippen LogP contribution in [0.5, 0.6) is 0 Å². The Kier molecular flexibility index (Phi) is 11.3. The van der Waals surface area contributed by atoms with Crippen molar-refractivity contribution >= 4 is 28.5 Å². The van der Waals surface area contributed by atoms with E-state index in [4.69, 9.17) is 22.7 Å². The molecule has 246 valence electrons. The fourth-order valence-electron chi connectivity index (χ4n) is 6.61. The van der Waals surface area contributed by atoms with Crippen LogP contribution in [-0.2, 0) is 6.42 Å². The Morgan fingerprint density at radius 3 is 2.74 bits per heavy atom. The predicted molar refractivity (Wildman–Crippen MR) is 183 cm³/mol. The number of fused-ring (bicyclic) bond motifs is 1. The number of hydrogen-bond donors (Lipinski definition) is 5. The van der Waals surface area contributed by atoms with Crippen molar-refractivity contribution in [3.05, 3.63) is 81.1 Å². The van der Waals surface area contributed by atoms with Gasteiger partial charge in [0.2, 0.25) is 0 Å². The lowest BCUT2D eigenvalue weighted by atomic mass is 9.89. The molecule has 0 aliphatic carbocycles. The second-order valence-corrected chi connectivity index (χ2v) is 12.9. The minimum absolute atomic E-state index is 0.0527. The first-order chi connectivity index (χ1) is 22.1. The SMILES string of the molecule is CC(=N)NCC[C@@H]1CCC[C@@H](c2ccc(-n3cc4cc(-c5cc(CCC[C@H](C)N)cc(Cl)c5F)[nH]c4nc3=O)cc2)N1CCCO. The van der Waals surface area contributed by atoms with Gasteiger partial charge in [0.15, 0.2) is 5.82 Å². The fraction of sp³-hybridized carbons (Fsp3) is 0.457. The maximum Gasteiger partial charge on any atom is 0.354 e. The molecule has 2 aromatic carbocycles. The Hall–Kier alpha value is -3.57. The molecule has 6 N–H and O–H groups in total. The molecule has 5 rings (SSSR count). The van der Waals surface area contributed by atoms with E-state index in [9.17, 15) is 9.90 Å². The quantitative estimate of drug-likeness (QED) is 0.0878. The lowest BCUT2D eigenvalue weighted by Gasteiger charge is -2.43. The van der Waals surface area contributed by atoms with Crippen molar-refractivity contribution < 1.29 is 9.50 Å². The molecule has 9 nitrogen and oxygen atoms in total. The number of hydrogen-bond acceptors (Lipinski definition) is 6. The number of rotatable bonds is 13. The van der Waals surface area contributed by atoms with Gasteiger partial charge in [0.25, 0.3) is 0 Å². The number of nitrogens with one attached hydrogen (secondary N) is 3. The van der Waals surface area contributed by atoms with Gasteiger partial charge in [-0.2, -0.15) is 4.98 Å². The van der Waals surface area contributed by atoms with Crippen molar-refractivity contribution in [2.45, 2.75) is 83.3 Å². The number of aromatic nitrogens is 3. The number of likely N-dealkylation sites (tertiary alicyclic amines) is 1. The van der Waals surface area contributed by atoms with Crippen LogP contribution in [0.2, 0.25) is 5.02 Å². The number of nitrogens with zero attached hydrogens (tertiary/aromatic N) is 3. The fourth-order valence-corrected chi connectivity index (χ4v) is 6.86. The standard InChI is InChI=1S/C35H45ClFN7O2/c1-22(38)6-3-7-24-18-29(33(37)30(36)19-24)31-20-26-21-44(35(46)42-34(26)41-31)28-12-10-25(11-13-28)32-9-4-8-27(14-15-40-23(2)39)43(32)16-5-17-45/h10-13,18-22,27,32,45H,3-9,14-17,38H2,1-2H3,(H2,39,40)(H,41,42,46)/t22-,27-,32-/m0/s1. The third-order valence-corrected chi connectivity index (χ3v) is 9.17. The van der Waals surface area contributed by atoms with Crippen LogP contribution in [0.15, 0.2) is 53.5 Å². The lowest BCUT2D eigenvalue weighted by molar-refractivity contribution is 0.0702. The molecule has 1 fully saturated rings. The molecule has 46 heavy (non-hydrogen) atoms. The Morgan fingerprint density at radius 1 is 1.24 bits per heavy atom. The number of piperidine rings is 1. The number of benzene rings is 2. The van der Waals surface area contributed by atoms with E-state index in [0.717, 1.165) is 63.6 Å². The summed E-state index contributed by atoms with van der Waals surface area (Å²) in [7, 11) is 0. The van der Waals surface area contributed by atoms with E-state index in [2.05, 4.69) is 32.3 Å². The first kappa shape index (κ1) is 33.8. The van der Waals surface area contributed by atoms with Crippen molar-refractivity contribution in [2.75, 3.05) is 19.7 Å². The summed E-state index contributed by atoms with van der Waals surface area (Å²) in [6, 6.07) is 13.9. The summed E-state index contributed by atoms with van der Waals surface area (Å²) in [4.78, 5) is 23.0. The first-order valence-electron chi connectivity index (χ1n) is 16.3. The van der Waals surface area contributed by atoms with Gasteiger partial charge in [-0.3, -0.25) is 14.9 Å². The molecule has 0 bridgehead atoms. The van der Waals surface area contributed by atoms with E-state index in [1.165, 1.54) is 10.1 Å². The zero-order chi connectivity index (χ0) is 32.8. The van der Waals surface area contributed by atoms with Crippen molar-refractivity contribution in [3.8, 4) is 16.9 Å². The molecule has 3 atom stereocenters. The monoisotopic (exact) mass is 649 g/mol. The van der Waals surface area contributed by atoms with Gasteiger partial charge in [-0.15, -0.1) is 0 Å². The molecule has 4 aromatic rings. The van der Waals surface area contributed by atoms with E-state index >= 15 is 4.39 Å². The number of halogens is 2. The van der Waals surface area contributed by atoms with E-state index in [-0.39, 0.29) is 23.7 Å². The number of aromatic amines is 1. The lowest BCUT2D eigenvalue weighted by Crippen LogP contribution is -2.44. The summed E-state index contributed by atoms with van der Waals surface area (Å²) in [6.07, 6.45) is 9.05. The van der Waals surface area contributed by atoms with Crippen LogP contribution in [0.1, 0.15) is 76.0 Å². The van der Waals surface area contributed by atoms with Crippen LogP contribution in [0.3, 0.4) is 0 Å². The zero-order valence-electron chi connectivity index (χ0n) is 26.7. The Balaban J connectivity index is 1.38. The highest BCUT2D eigenvalue weighted by molar-refractivity contribution is 6.31. The summed E-state index contributed by atoms with van der Waals surface area (Å²) in [5.74, 6) is -0.0489. The predicted octanol–water partition coefficient (Wildman–Crippen LogP) is 6.10. The molecule has 0 amide bonds.